The molecule has 2 spiro atoms. The molecule has 0 radical (unpaired) electrons. The van der Waals surface area contributed by atoms with Crippen molar-refractivity contribution in [2.75, 3.05) is 13.1 Å². The summed E-state index contributed by atoms with van der Waals surface area (Å²) in [7, 11) is 0. The zero-order valence-corrected chi connectivity index (χ0v) is 16.4. The van der Waals surface area contributed by atoms with Gasteiger partial charge in [-0.25, -0.2) is 0 Å². The number of Topliss-reactive ketones (excluding diaryl/α,β-unsaturated/α-hetero) is 1. The minimum atomic E-state index is -0.699. The van der Waals surface area contributed by atoms with Crippen molar-refractivity contribution in [3.8, 4) is 0 Å². The van der Waals surface area contributed by atoms with Crippen molar-refractivity contribution >= 4 is 5.78 Å². The third-order valence-electron chi connectivity index (χ3n) is 10.7. The van der Waals surface area contributed by atoms with E-state index in [4.69, 9.17) is 0 Å². The highest BCUT2D eigenvalue weighted by molar-refractivity contribution is 5.87. The number of hydrogen-bond donors (Lipinski definition) is 2. The number of aliphatic hydroxyl groups is 2. The molecular formula is C22H31NO4. The van der Waals surface area contributed by atoms with Crippen LogP contribution in [0, 0.1) is 45.1 Å². The molecule has 0 amide bonds. The summed E-state index contributed by atoms with van der Waals surface area (Å²) >= 11 is 0. The van der Waals surface area contributed by atoms with Gasteiger partial charge in [0.15, 0.2) is 0 Å². The molecule has 0 aromatic carbocycles. The summed E-state index contributed by atoms with van der Waals surface area (Å²) < 4.78 is -0.245. The molecule has 6 rings (SSSR count). The Labute approximate surface area is 160 Å². The maximum absolute atomic E-state index is 14.2. The maximum Gasteiger partial charge on any atom is 0.140 e. The van der Waals surface area contributed by atoms with Crippen LogP contribution in [-0.4, -0.2) is 52.0 Å². The summed E-state index contributed by atoms with van der Waals surface area (Å²) in [5.74, 6) is 0.275. The molecule has 7 bridgehead atoms. The third kappa shape index (κ3) is 1.44. The number of nitrogens with zero attached hydrogens (tertiary/aromatic N) is 1. The number of carbonyl (C=O) groups is 1. The number of quaternary nitrogens is 1. The zero-order valence-electron chi connectivity index (χ0n) is 16.4. The second-order valence-corrected chi connectivity index (χ2v) is 11.0. The van der Waals surface area contributed by atoms with Crippen molar-refractivity contribution in [3.05, 3.63) is 17.4 Å². The van der Waals surface area contributed by atoms with Crippen LogP contribution in [0.25, 0.3) is 0 Å². The Balaban J connectivity index is 1.64. The Morgan fingerprint density at radius 3 is 2.78 bits per heavy atom. The second kappa shape index (κ2) is 4.53. The normalized spacial score (nSPS) is 65.6. The molecule has 0 aromatic heterocycles. The van der Waals surface area contributed by atoms with Gasteiger partial charge in [0.2, 0.25) is 0 Å². The Morgan fingerprint density at radius 2 is 2.07 bits per heavy atom. The van der Waals surface area contributed by atoms with Gasteiger partial charge in [-0.15, -0.1) is 0 Å². The predicted octanol–water partition coefficient (Wildman–Crippen LogP) is 2.01. The summed E-state index contributed by atoms with van der Waals surface area (Å²) in [6.07, 6.45) is 2.40. The molecule has 5 saturated carbocycles. The molecule has 1 heterocycles. The summed E-state index contributed by atoms with van der Waals surface area (Å²) in [4.78, 5) is 13.0. The summed E-state index contributed by atoms with van der Waals surface area (Å²) in [5.41, 5.74) is -0.303. The van der Waals surface area contributed by atoms with E-state index in [0.717, 1.165) is 19.3 Å². The van der Waals surface area contributed by atoms with E-state index in [-0.39, 0.29) is 39.6 Å². The second-order valence-electron chi connectivity index (χ2n) is 11.0. The van der Waals surface area contributed by atoms with Crippen LogP contribution in [0.4, 0.5) is 0 Å². The van der Waals surface area contributed by atoms with Gasteiger partial charge in [0.05, 0.1) is 30.7 Å². The van der Waals surface area contributed by atoms with Crippen molar-refractivity contribution in [2.24, 2.45) is 39.9 Å². The first-order valence-corrected chi connectivity index (χ1v) is 10.8. The number of fused-ring (bicyclic) bond motifs is 1. The summed E-state index contributed by atoms with van der Waals surface area (Å²) in [6.45, 7) is 9.47. The molecule has 6 fully saturated rings. The van der Waals surface area contributed by atoms with Crippen LogP contribution in [0.2, 0.25) is 0 Å². The van der Waals surface area contributed by atoms with E-state index >= 15 is 0 Å². The monoisotopic (exact) mass is 373 g/mol. The van der Waals surface area contributed by atoms with Gasteiger partial charge in [-0.3, -0.25) is 4.79 Å². The topological polar surface area (TPSA) is 80.6 Å². The fourth-order valence-electron chi connectivity index (χ4n) is 10.1. The van der Waals surface area contributed by atoms with E-state index in [1.807, 2.05) is 6.92 Å². The van der Waals surface area contributed by atoms with E-state index in [9.17, 15) is 20.2 Å². The van der Waals surface area contributed by atoms with Crippen LogP contribution in [0.15, 0.2) is 12.2 Å². The van der Waals surface area contributed by atoms with Gasteiger partial charge < -0.3 is 20.1 Å². The highest BCUT2D eigenvalue weighted by atomic mass is 16.5. The first-order chi connectivity index (χ1) is 12.7. The quantitative estimate of drug-likeness (QED) is 0.419. The Morgan fingerprint density at radius 1 is 1.33 bits per heavy atom. The molecule has 5 heteroatoms. The lowest BCUT2D eigenvalue weighted by molar-refractivity contribution is -0.927. The molecule has 148 valence electrons. The molecule has 1 aliphatic heterocycles. The van der Waals surface area contributed by atoms with Gasteiger partial charge in [0.1, 0.15) is 11.8 Å². The van der Waals surface area contributed by atoms with Gasteiger partial charge >= 0.3 is 0 Å². The predicted molar refractivity (Wildman–Crippen MR) is 99.0 cm³/mol. The number of hydrogen-bond acceptors (Lipinski definition) is 4. The van der Waals surface area contributed by atoms with E-state index in [1.54, 1.807) is 0 Å². The maximum atomic E-state index is 14.2. The molecule has 0 unspecified atom stereocenters. The fraction of sp³-hybridized carbons (Fsp3) is 0.864. The van der Waals surface area contributed by atoms with Crippen LogP contribution in [0.1, 0.15) is 46.0 Å². The molecule has 1 saturated heterocycles. The lowest BCUT2D eigenvalue weighted by Gasteiger charge is -2.68. The van der Waals surface area contributed by atoms with Crippen LogP contribution in [-0.2, 0) is 4.79 Å². The minimum absolute atomic E-state index is 0.0651. The average Bonchev–Trinajstić information content (AvgIpc) is 3.17. The van der Waals surface area contributed by atoms with Crippen LogP contribution in [0.5, 0.6) is 0 Å². The highest BCUT2D eigenvalue weighted by Gasteiger charge is 2.88. The number of hydroxylamine groups is 3. The number of ketones is 1. The minimum Gasteiger partial charge on any atom is -0.633 e. The summed E-state index contributed by atoms with van der Waals surface area (Å²) in [6, 6.07) is -0.173. The van der Waals surface area contributed by atoms with E-state index < -0.39 is 23.0 Å². The number of carbonyl (C=O) groups excluding carboxylic acids is 1. The number of rotatable bonds is 1. The molecule has 5 aliphatic carbocycles. The molecule has 2 N–H and O–H groups in total. The van der Waals surface area contributed by atoms with Crippen LogP contribution >= 0.6 is 0 Å². The summed E-state index contributed by atoms with van der Waals surface area (Å²) in [5, 5.41) is 37.0. The van der Waals surface area contributed by atoms with Crippen molar-refractivity contribution < 1.29 is 19.7 Å². The van der Waals surface area contributed by atoms with Crippen molar-refractivity contribution in [3.63, 3.8) is 0 Å². The largest absolute Gasteiger partial charge is 0.633 e. The van der Waals surface area contributed by atoms with E-state index in [1.165, 1.54) is 0 Å². The molecule has 6 aliphatic rings. The molecule has 0 aromatic rings. The third-order valence-corrected chi connectivity index (χ3v) is 10.7. The molecule has 11 atom stereocenters. The van der Waals surface area contributed by atoms with E-state index in [2.05, 4.69) is 13.5 Å². The van der Waals surface area contributed by atoms with Gasteiger partial charge in [-0.1, -0.05) is 13.5 Å². The lowest BCUT2D eigenvalue weighted by Crippen LogP contribution is -2.73. The van der Waals surface area contributed by atoms with Crippen molar-refractivity contribution in [1.29, 1.82) is 0 Å². The SMILES string of the molecule is C=C1[C@H]2C[C@@]3([C@@H]1O)[C@@H](CC2=O)[C@]12[C@@H]4C[C@H]3[C@@H]1[N@@+]([O-])(CC)C[C@]4(C)CC[C@@H]2O. The van der Waals surface area contributed by atoms with Gasteiger partial charge in [0.25, 0.3) is 0 Å². The molecule has 5 nitrogen and oxygen atoms in total. The smallest absolute Gasteiger partial charge is 0.140 e. The van der Waals surface area contributed by atoms with Crippen LogP contribution in [0.3, 0.4) is 0 Å². The van der Waals surface area contributed by atoms with Crippen LogP contribution < -0.4 is 0 Å². The zero-order chi connectivity index (χ0) is 19.1. The first kappa shape index (κ1) is 17.1. The Kier molecular flexibility index (Phi) is 2.88. The Bertz CT molecular complexity index is 782. The molecule has 27 heavy (non-hydrogen) atoms. The van der Waals surface area contributed by atoms with Gasteiger partial charge in [-0.05, 0) is 50.0 Å². The Hall–Kier alpha value is -0.750. The highest BCUT2D eigenvalue weighted by Crippen LogP contribution is 2.84. The molecular weight excluding hydrogens is 342 g/mol. The van der Waals surface area contributed by atoms with Gasteiger partial charge in [-0.2, -0.15) is 0 Å². The van der Waals surface area contributed by atoms with Gasteiger partial charge in [0, 0.05) is 29.1 Å². The number of aliphatic hydroxyl groups excluding tert-OH is 2. The van der Waals surface area contributed by atoms with Crippen molar-refractivity contribution in [1.82, 2.24) is 0 Å². The van der Waals surface area contributed by atoms with E-state index in [0.29, 0.717) is 37.4 Å². The lowest BCUT2D eigenvalue weighted by atomic mass is 9.43. The number of piperidine rings is 1. The average molecular weight is 373 g/mol. The first-order valence-electron chi connectivity index (χ1n) is 10.8. The standard InChI is InChI=1S/C22H31NO4/c1-4-23(27)10-20(3)6-5-17(25)22-15(20)7-13(18(22)23)21-9-12(11(2)19(21)26)14(24)8-16(21)22/h12-13,15-19,25-26H,2,4-10H2,1,3H3/t12-,13+,15-,16-,17+,18+,19-,20+,21+,22+,23-/m1/s1. The fourth-order valence-corrected chi connectivity index (χ4v) is 10.1. The number of likely N-dealkylation sites (tertiary alicyclic amines) is 1. The van der Waals surface area contributed by atoms with Crippen molar-refractivity contribution in [2.45, 2.75) is 64.2 Å².